The second-order valence-electron chi connectivity index (χ2n) is 6.48. The quantitative estimate of drug-likeness (QED) is 0.650. The number of rotatable bonds is 6. The molecule has 8 heteroatoms. The topological polar surface area (TPSA) is 55.8 Å². The van der Waals surface area contributed by atoms with Crippen molar-refractivity contribution in [2.24, 2.45) is 0 Å². The molecular weight excluding hydrogens is 400 g/mol. The van der Waals surface area contributed by atoms with Gasteiger partial charge in [-0.15, -0.1) is 11.8 Å². The average Bonchev–Trinajstić information content (AvgIpc) is 2.93. The van der Waals surface area contributed by atoms with Crippen LogP contribution in [0.25, 0.3) is 5.57 Å². The smallest absolute Gasteiger partial charge is 0.272 e. The van der Waals surface area contributed by atoms with E-state index < -0.39 is 23.4 Å². The lowest BCUT2D eigenvalue weighted by molar-refractivity contribution is -0.119. The molecule has 29 heavy (non-hydrogen) atoms. The first-order valence-electron chi connectivity index (χ1n) is 8.75. The summed E-state index contributed by atoms with van der Waals surface area (Å²) in [5, 5.41) is 0.0156. The molecule has 0 aliphatic carbocycles. The molecule has 0 fully saturated rings. The lowest BCUT2D eigenvalue weighted by Gasteiger charge is -2.16. The van der Waals surface area contributed by atoms with Gasteiger partial charge in [0.15, 0.2) is 23.1 Å². The molecule has 0 spiro atoms. The number of thioether (sulfide) groups is 1. The summed E-state index contributed by atoms with van der Waals surface area (Å²) in [6.45, 7) is 3.78. The first kappa shape index (κ1) is 20.9. The monoisotopic (exact) mass is 419 g/mol. The van der Waals surface area contributed by atoms with Crippen LogP contribution in [-0.4, -0.2) is 31.3 Å². The van der Waals surface area contributed by atoms with Crippen LogP contribution in [-0.2, 0) is 9.59 Å². The molecule has 1 aliphatic rings. The van der Waals surface area contributed by atoms with Crippen molar-refractivity contribution < 1.29 is 27.8 Å². The van der Waals surface area contributed by atoms with E-state index in [1.807, 2.05) is 13.8 Å². The van der Waals surface area contributed by atoms with Crippen molar-refractivity contribution in [1.82, 2.24) is 0 Å². The third kappa shape index (κ3) is 3.85. The highest BCUT2D eigenvalue weighted by molar-refractivity contribution is 8.04. The van der Waals surface area contributed by atoms with Crippen LogP contribution in [0.1, 0.15) is 19.4 Å². The minimum absolute atomic E-state index is 0.0156. The summed E-state index contributed by atoms with van der Waals surface area (Å²) in [4.78, 5) is 27.4. The molecule has 2 aromatic rings. The number of nitrogens with zero attached hydrogens (tertiary/aromatic N) is 1. The Balaban J connectivity index is 2.13. The van der Waals surface area contributed by atoms with Crippen LogP contribution >= 0.6 is 11.8 Å². The van der Waals surface area contributed by atoms with Crippen LogP contribution in [0.2, 0.25) is 0 Å². The Morgan fingerprint density at radius 3 is 2.17 bits per heavy atom. The van der Waals surface area contributed by atoms with Crippen molar-refractivity contribution >= 4 is 34.8 Å². The molecule has 0 aromatic heterocycles. The molecular formula is C21H19F2NO4S. The number of ether oxygens (including phenoxy) is 2. The Hall–Kier alpha value is -2.87. The maximum Gasteiger partial charge on any atom is 0.272 e. The minimum Gasteiger partial charge on any atom is -0.493 e. The summed E-state index contributed by atoms with van der Waals surface area (Å²) in [7, 11) is 2.96. The first-order valence-corrected chi connectivity index (χ1v) is 9.63. The summed E-state index contributed by atoms with van der Waals surface area (Å²) in [6, 6.07) is 7.81. The summed E-state index contributed by atoms with van der Waals surface area (Å²) in [5.74, 6) is -2.51. The van der Waals surface area contributed by atoms with E-state index in [1.54, 1.807) is 18.2 Å². The van der Waals surface area contributed by atoms with E-state index in [4.69, 9.17) is 9.47 Å². The highest BCUT2D eigenvalue weighted by Crippen LogP contribution is 2.42. The number of hydrogen-bond acceptors (Lipinski definition) is 5. The molecule has 0 saturated heterocycles. The fraction of sp³-hybridized carbons (Fsp3) is 0.238. The van der Waals surface area contributed by atoms with E-state index in [0.29, 0.717) is 17.1 Å². The van der Waals surface area contributed by atoms with E-state index >= 15 is 0 Å². The SMILES string of the molecule is COc1ccc(C2=C(SC(C)C)C(=O)N(c3ccc(F)c(F)c3)C2=O)cc1OC. The summed E-state index contributed by atoms with van der Waals surface area (Å²) in [5.41, 5.74) is 0.616. The third-order valence-electron chi connectivity index (χ3n) is 4.23. The lowest BCUT2D eigenvalue weighted by Crippen LogP contribution is -2.31. The van der Waals surface area contributed by atoms with Crippen molar-refractivity contribution in [3.63, 3.8) is 0 Å². The Labute approximate surface area is 171 Å². The third-order valence-corrected chi connectivity index (χ3v) is 5.31. The lowest BCUT2D eigenvalue weighted by atomic mass is 10.1. The van der Waals surface area contributed by atoms with Gasteiger partial charge in [-0.2, -0.15) is 0 Å². The molecule has 0 atom stereocenters. The fourth-order valence-corrected chi connectivity index (χ4v) is 3.95. The summed E-state index contributed by atoms with van der Waals surface area (Å²) >= 11 is 1.23. The van der Waals surface area contributed by atoms with Crippen LogP contribution in [0.3, 0.4) is 0 Å². The van der Waals surface area contributed by atoms with Crippen LogP contribution < -0.4 is 14.4 Å². The van der Waals surface area contributed by atoms with E-state index in [0.717, 1.165) is 17.0 Å². The van der Waals surface area contributed by atoms with Gasteiger partial charge in [0, 0.05) is 11.3 Å². The van der Waals surface area contributed by atoms with E-state index in [2.05, 4.69) is 0 Å². The van der Waals surface area contributed by atoms with Crippen molar-refractivity contribution in [2.75, 3.05) is 19.1 Å². The average molecular weight is 419 g/mol. The number of benzene rings is 2. The Bertz CT molecular complexity index is 1020. The van der Waals surface area contributed by atoms with Crippen molar-refractivity contribution in [3.05, 3.63) is 58.5 Å². The van der Waals surface area contributed by atoms with Crippen LogP contribution in [0.5, 0.6) is 11.5 Å². The van der Waals surface area contributed by atoms with Gasteiger partial charge in [0.2, 0.25) is 0 Å². The highest BCUT2D eigenvalue weighted by atomic mass is 32.2. The molecule has 2 amide bonds. The molecule has 2 aromatic carbocycles. The Kier molecular flexibility index (Phi) is 5.93. The molecule has 0 unspecified atom stereocenters. The molecule has 0 N–H and O–H groups in total. The first-order chi connectivity index (χ1) is 13.8. The number of amides is 2. The van der Waals surface area contributed by atoms with Crippen molar-refractivity contribution in [2.45, 2.75) is 19.1 Å². The van der Waals surface area contributed by atoms with Crippen LogP contribution in [0, 0.1) is 11.6 Å². The molecule has 0 bridgehead atoms. The molecule has 0 saturated carbocycles. The van der Waals surface area contributed by atoms with Gasteiger partial charge in [-0.25, -0.2) is 13.7 Å². The fourth-order valence-electron chi connectivity index (χ4n) is 2.96. The van der Waals surface area contributed by atoms with Crippen molar-refractivity contribution in [1.29, 1.82) is 0 Å². The summed E-state index contributed by atoms with van der Waals surface area (Å²) < 4.78 is 37.6. The molecule has 1 aliphatic heterocycles. The zero-order valence-electron chi connectivity index (χ0n) is 16.3. The predicted molar refractivity (Wildman–Crippen MR) is 108 cm³/mol. The minimum atomic E-state index is -1.14. The van der Waals surface area contributed by atoms with E-state index in [1.165, 1.54) is 32.0 Å². The van der Waals surface area contributed by atoms with Gasteiger partial charge in [0.05, 0.1) is 30.4 Å². The number of carbonyl (C=O) groups is 2. The van der Waals surface area contributed by atoms with Gasteiger partial charge in [-0.1, -0.05) is 19.9 Å². The van der Waals surface area contributed by atoms with Gasteiger partial charge >= 0.3 is 0 Å². The van der Waals surface area contributed by atoms with Gasteiger partial charge in [-0.3, -0.25) is 9.59 Å². The van der Waals surface area contributed by atoms with Gasteiger partial charge in [-0.05, 0) is 29.8 Å². The number of anilines is 1. The largest absolute Gasteiger partial charge is 0.493 e. The Morgan fingerprint density at radius 1 is 0.897 bits per heavy atom. The highest BCUT2D eigenvalue weighted by Gasteiger charge is 2.41. The second-order valence-corrected chi connectivity index (χ2v) is 8.07. The molecule has 0 radical (unpaired) electrons. The van der Waals surface area contributed by atoms with Gasteiger partial charge < -0.3 is 9.47 Å². The molecule has 152 valence electrons. The van der Waals surface area contributed by atoms with Crippen molar-refractivity contribution in [3.8, 4) is 11.5 Å². The number of imide groups is 1. The normalized spacial score (nSPS) is 14.2. The van der Waals surface area contributed by atoms with Crippen LogP contribution in [0.4, 0.5) is 14.5 Å². The van der Waals surface area contributed by atoms with Crippen LogP contribution in [0.15, 0.2) is 41.3 Å². The number of methoxy groups -OCH3 is 2. The maximum absolute atomic E-state index is 13.7. The zero-order valence-corrected chi connectivity index (χ0v) is 17.1. The summed E-state index contributed by atoms with van der Waals surface area (Å²) in [6.07, 6.45) is 0. The number of hydrogen-bond donors (Lipinski definition) is 0. The zero-order chi connectivity index (χ0) is 21.3. The van der Waals surface area contributed by atoms with E-state index in [-0.39, 0.29) is 21.4 Å². The van der Waals surface area contributed by atoms with E-state index in [9.17, 15) is 18.4 Å². The Morgan fingerprint density at radius 2 is 1.59 bits per heavy atom. The second kappa shape index (κ2) is 8.24. The standard InChI is InChI=1S/C21H19F2NO4S/c1-11(2)29-19-18(12-5-8-16(27-3)17(9-12)28-4)20(25)24(21(19)26)13-6-7-14(22)15(23)10-13/h5-11H,1-4H3. The molecule has 1 heterocycles. The molecule has 5 nitrogen and oxygen atoms in total. The number of halogens is 2. The maximum atomic E-state index is 13.7. The van der Waals surface area contributed by atoms with Gasteiger partial charge in [0.1, 0.15) is 0 Å². The predicted octanol–water partition coefficient (Wildman–Crippen LogP) is 4.41. The molecule has 3 rings (SSSR count). The van der Waals surface area contributed by atoms with Gasteiger partial charge in [0.25, 0.3) is 11.8 Å². The number of carbonyl (C=O) groups excluding carboxylic acids is 2.